The first-order valence-electron chi connectivity index (χ1n) is 7.04. The van der Waals surface area contributed by atoms with Gasteiger partial charge in [-0.25, -0.2) is 18.2 Å². The van der Waals surface area contributed by atoms with Gasteiger partial charge in [-0.2, -0.15) is 4.98 Å². The van der Waals surface area contributed by atoms with Gasteiger partial charge in [-0.1, -0.05) is 6.92 Å². The van der Waals surface area contributed by atoms with Gasteiger partial charge < -0.3 is 16.4 Å². The van der Waals surface area contributed by atoms with Crippen LogP contribution in [0.4, 0.5) is 30.6 Å². The molecule has 22 heavy (non-hydrogen) atoms. The smallest absolute Gasteiger partial charge is 0.222 e. The predicted octanol–water partition coefficient (Wildman–Crippen LogP) is 2.45. The van der Waals surface area contributed by atoms with Crippen LogP contribution in [0.15, 0.2) is 0 Å². The minimum atomic E-state index is -1.26. The monoisotopic (exact) mass is 311 g/mol. The van der Waals surface area contributed by atoms with Crippen molar-refractivity contribution >= 4 is 28.4 Å². The van der Waals surface area contributed by atoms with Gasteiger partial charge in [0.05, 0.1) is 5.39 Å². The Bertz CT molecular complexity index is 741. The van der Waals surface area contributed by atoms with E-state index in [1.807, 2.05) is 0 Å². The zero-order chi connectivity index (χ0) is 16.0. The number of rotatable bonds is 1. The molecule has 2 aromatic rings. The molecule has 1 aliphatic heterocycles. The number of halogens is 3. The van der Waals surface area contributed by atoms with Crippen molar-refractivity contribution in [3.8, 4) is 0 Å². The Kier molecular flexibility index (Phi) is 3.46. The average Bonchev–Trinajstić information content (AvgIpc) is 2.46. The van der Waals surface area contributed by atoms with Crippen LogP contribution in [-0.4, -0.2) is 23.1 Å². The van der Waals surface area contributed by atoms with Crippen LogP contribution < -0.4 is 16.4 Å². The van der Waals surface area contributed by atoms with Gasteiger partial charge in [0.25, 0.3) is 0 Å². The number of hydrogen-bond donors (Lipinski definition) is 2. The van der Waals surface area contributed by atoms with E-state index in [0.29, 0.717) is 19.0 Å². The van der Waals surface area contributed by atoms with Gasteiger partial charge in [-0.3, -0.25) is 0 Å². The highest BCUT2D eigenvalue weighted by Gasteiger charge is 2.29. The van der Waals surface area contributed by atoms with Crippen molar-refractivity contribution in [2.24, 2.45) is 5.92 Å². The molecule has 3 rings (SSSR count). The van der Waals surface area contributed by atoms with Crippen LogP contribution in [0.2, 0.25) is 0 Å². The number of aromatic nitrogens is 2. The Hall–Kier alpha value is -2.25. The molecule has 0 radical (unpaired) electrons. The molecule has 0 spiro atoms. The number of nitrogens with zero attached hydrogens (tertiary/aromatic N) is 3. The van der Waals surface area contributed by atoms with E-state index in [9.17, 15) is 13.2 Å². The molecule has 118 valence electrons. The van der Waals surface area contributed by atoms with Gasteiger partial charge in [-0.05, 0) is 18.8 Å². The summed E-state index contributed by atoms with van der Waals surface area (Å²) in [6.07, 6.45) is 1.57. The third-order valence-corrected chi connectivity index (χ3v) is 4.09. The molecule has 4 N–H and O–H groups in total. The second kappa shape index (κ2) is 5.19. The molecule has 0 bridgehead atoms. The van der Waals surface area contributed by atoms with E-state index in [1.165, 1.54) is 4.90 Å². The van der Waals surface area contributed by atoms with Crippen molar-refractivity contribution < 1.29 is 13.2 Å². The van der Waals surface area contributed by atoms with Crippen molar-refractivity contribution in [3.63, 3.8) is 0 Å². The summed E-state index contributed by atoms with van der Waals surface area (Å²) >= 11 is 0. The molecule has 0 saturated carbocycles. The molecule has 5 nitrogen and oxygen atoms in total. The molecule has 1 saturated heterocycles. The van der Waals surface area contributed by atoms with Crippen LogP contribution in [0.25, 0.3) is 10.9 Å². The Morgan fingerprint density at radius 1 is 1.00 bits per heavy atom. The molecule has 1 aromatic carbocycles. The van der Waals surface area contributed by atoms with Crippen molar-refractivity contribution in [2.45, 2.75) is 19.8 Å². The first-order valence-corrected chi connectivity index (χ1v) is 7.04. The lowest BCUT2D eigenvalue weighted by molar-refractivity contribution is 0.425. The topological polar surface area (TPSA) is 81.1 Å². The Labute approximate surface area is 125 Å². The second-order valence-corrected chi connectivity index (χ2v) is 5.65. The quantitative estimate of drug-likeness (QED) is 0.791. The maximum atomic E-state index is 14.7. The van der Waals surface area contributed by atoms with Crippen LogP contribution in [-0.2, 0) is 0 Å². The Morgan fingerprint density at radius 2 is 1.64 bits per heavy atom. The van der Waals surface area contributed by atoms with Gasteiger partial charge in [0, 0.05) is 13.1 Å². The third-order valence-electron chi connectivity index (χ3n) is 4.09. The minimum Gasteiger partial charge on any atom is -0.383 e. The van der Waals surface area contributed by atoms with Crippen LogP contribution in [0.3, 0.4) is 0 Å². The SMILES string of the molecule is CC1CCN(c2c(F)c(F)c3c(N)nc(N)nc3c2F)CC1. The van der Waals surface area contributed by atoms with Crippen LogP contribution in [0, 0.1) is 23.4 Å². The molecule has 0 atom stereocenters. The molecular formula is C14H16F3N5. The van der Waals surface area contributed by atoms with E-state index in [2.05, 4.69) is 16.9 Å². The van der Waals surface area contributed by atoms with Gasteiger partial charge in [0.2, 0.25) is 5.95 Å². The molecular weight excluding hydrogens is 295 g/mol. The van der Waals surface area contributed by atoms with E-state index in [-0.39, 0.29) is 11.8 Å². The first-order chi connectivity index (χ1) is 10.4. The second-order valence-electron chi connectivity index (χ2n) is 5.65. The predicted molar refractivity (Wildman–Crippen MR) is 78.8 cm³/mol. The van der Waals surface area contributed by atoms with E-state index >= 15 is 0 Å². The number of nitrogens with two attached hydrogens (primary N) is 2. The van der Waals surface area contributed by atoms with Crippen LogP contribution in [0.1, 0.15) is 19.8 Å². The largest absolute Gasteiger partial charge is 0.383 e. The van der Waals surface area contributed by atoms with Crippen molar-refractivity contribution in [3.05, 3.63) is 17.5 Å². The number of anilines is 3. The maximum absolute atomic E-state index is 14.7. The highest BCUT2D eigenvalue weighted by Crippen LogP contribution is 2.36. The number of nitrogen functional groups attached to an aromatic ring is 2. The summed E-state index contributed by atoms with van der Waals surface area (Å²) in [6.45, 7) is 2.98. The van der Waals surface area contributed by atoms with Crippen LogP contribution >= 0.6 is 0 Å². The molecule has 0 amide bonds. The minimum absolute atomic E-state index is 0.284. The summed E-state index contributed by atoms with van der Waals surface area (Å²) in [5.74, 6) is -3.66. The van der Waals surface area contributed by atoms with Gasteiger partial charge in [-0.15, -0.1) is 0 Å². The summed E-state index contributed by atoms with van der Waals surface area (Å²) in [5.41, 5.74) is 10.2. The fourth-order valence-corrected chi connectivity index (χ4v) is 2.80. The lowest BCUT2D eigenvalue weighted by atomic mass is 9.98. The highest BCUT2D eigenvalue weighted by atomic mass is 19.2. The van der Waals surface area contributed by atoms with Crippen molar-refractivity contribution in [1.82, 2.24) is 9.97 Å². The molecule has 0 aliphatic carbocycles. The third kappa shape index (κ3) is 2.18. The lowest BCUT2D eigenvalue weighted by Gasteiger charge is -2.32. The standard InChI is InChI=1S/C14H16F3N5/c1-6-2-4-22(5-3-6)12-9(16)8(15)7-11(10(12)17)20-14(19)21-13(7)18/h6H,2-5H2,1H3,(H4,18,19,20,21). The Balaban J connectivity index is 2.23. The summed E-state index contributed by atoms with van der Waals surface area (Å²) in [7, 11) is 0. The van der Waals surface area contributed by atoms with E-state index < -0.39 is 34.0 Å². The highest BCUT2D eigenvalue weighted by molar-refractivity contribution is 5.92. The normalized spacial score (nSPS) is 16.5. The summed E-state index contributed by atoms with van der Waals surface area (Å²) in [5, 5.41) is -0.474. The molecule has 1 fully saturated rings. The van der Waals surface area contributed by atoms with Gasteiger partial charge in [0.1, 0.15) is 17.0 Å². The summed E-state index contributed by atoms with van der Waals surface area (Å²) in [4.78, 5) is 8.74. The summed E-state index contributed by atoms with van der Waals surface area (Å²) < 4.78 is 43.4. The fourth-order valence-electron chi connectivity index (χ4n) is 2.80. The molecule has 0 unspecified atom stereocenters. The summed E-state index contributed by atoms with van der Waals surface area (Å²) in [6, 6.07) is 0. The zero-order valence-corrected chi connectivity index (χ0v) is 12.0. The average molecular weight is 311 g/mol. The van der Waals surface area contributed by atoms with E-state index in [1.54, 1.807) is 0 Å². The molecule has 1 aliphatic rings. The molecule has 2 heterocycles. The van der Waals surface area contributed by atoms with Gasteiger partial charge >= 0.3 is 0 Å². The number of hydrogen-bond acceptors (Lipinski definition) is 5. The van der Waals surface area contributed by atoms with E-state index in [4.69, 9.17) is 11.5 Å². The molecule has 8 heteroatoms. The zero-order valence-electron chi connectivity index (χ0n) is 12.0. The number of piperidine rings is 1. The number of fused-ring (bicyclic) bond motifs is 1. The van der Waals surface area contributed by atoms with Crippen LogP contribution in [0.5, 0.6) is 0 Å². The lowest BCUT2D eigenvalue weighted by Crippen LogP contribution is -2.34. The maximum Gasteiger partial charge on any atom is 0.222 e. The van der Waals surface area contributed by atoms with E-state index in [0.717, 1.165) is 12.8 Å². The Morgan fingerprint density at radius 3 is 2.27 bits per heavy atom. The number of benzene rings is 1. The van der Waals surface area contributed by atoms with Crippen molar-refractivity contribution in [2.75, 3.05) is 29.5 Å². The van der Waals surface area contributed by atoms with Gasteiger partial charge in [0.15, 0.2) is 17.5 Å². The first kappa shape index (κ1) is 14.7. The molecule has 1 aromatic heterocycles. The van der Waals surface area contributed by atoms with Crippen molar-refractivity contribution in [1.29, 1.82) is 0 Å². The fraction of sp³-hybridized carbons (Fsp3) is 0.429.